The molecule has 0 saturated carbocycles. The number of benzene rings is 3. The number of aromatic amines is 1. The molecule has 6 rings (SSSR count). The summed E-state index contributed by atoms with van der Waals surface area (Å²) in [6, 6.07) is 21.1. The first-order chi connectivity index (χ1) is 15.7. The van der Waals surface area contributed by atoms with Crippen LogP contribution in [0.5, 0.6) is 0 Å². The Labute approximate surface area is 185 Å². The molecule has 3 aromatic carbocycles. The molecule has 2 atom stereocenters. The molecule has 2 N–H and O–H groups in total. The van der Waals surface area contributed by atoms with Crippen molar-refractivity contribution in [3.63, 3.8) is 0 Å². The van der Waals surface area contributed by atoms with Crippen LogP contribution in [0.1, 0.15) is 33.7 Å². The molecule has 32 heavy (non-hydrogen) atoms. The summed E-state index contributed by atoms with van der Waals surface area (Å²) >= 11 is 0. The van der Waals surface area contributed by atoms with Gasteiger partial charge in [0.05, 0.1) is 18.0 Å². The molecule has 0 amide bonds. The monoisotopic (exact) mass is 421 g/mol. The lowest BCUT2D eigenvalue weighted by Crippen LogP contribution is -2.25. The molecule has 1 aliphatic rings. The van der Waals surface area contributed by atoms with Gasteiger partial charge < -0.3 is 10.1 Å². The van der Waals surface area contributed by atoms with E-state index in [9.17, 15) is 0 Å². The Hall–Kier alpha value is -3.77. The molecule has 0 fully saturated rings. The van der Waals surface area contributed by atoms with Crippen molar-refractivity contribution in [1.29, 1.82) is 0 Å². The van der Waals surface area contributed by atoms with Crippen LogP contribution in [-0.4, -0.2) is 26.6 Å². The topological polar surface area (TPSA) is 75.7 Å². The molecule has 0 bridgehead atoms. The molecule has 6 nitrogen and oxygen atoms in total. The fourth-order valence-electron chi connectivity index (χ4n) is 4.70. The second kappa shape index (κ2) is 7.43. The highest BCUT2D eigenvalue weighted by Crippen LogP contribution is 2.43. The Morgan fingerprint density at radius 2 is 1.78 bits per heavy atom. The largest absolute Gasteiger partial charge is 0.359 e. The number of hydrogen-bond acceptors (Lipinski definition) is 5. The lowest BCUT2D eigenvalue weighted by atomic mass is 9.89. The van der Waals surface area contributed by atoms with Crippen molar-refractivity contribution in [3.8, 4) is 0 Å². The Morgan fingerprint density at radius 1 is 0.875 bits per heavy atom. The van der Waals surface area contributed by atoms with Crippen LogP contribution in [0.2, 0.25) is 0 Å². The number of nitrogens with one attached hydrogen (secondary N) is 2. The normalized spacial score (nSPS) is 17.6. The summed E-state index contributed by atoms with van der Waals surface area (Å²) in [4.78, 5) is 4.41. The molecule has 0 radical (unpaired) electrons. The number of aromatic nitrogens is 4. The van der Waals surface area contributed by atoms with E-state index < -0.39 is 0 Å². The van der Waals surface area contributed by atoms with E-state index >= 15 is 0 Å². The van der Waals surface area contributed by atoms with Gasteiger partial charge >= 0.3 is 0 Å². The van der Waals surface area contributed by atoms with Gasteiger partial charge in [0.1, 0.15) is 17.3 Å². The highest BCUT2D eigenvalue weighted by molar-refractivity contribution is 5.81. The van der Waals surface area contributed by atoms with Crippen LogP contribution in [-0.2, 0) is 11.3 Å². The number of H-pyrrole nitrogens is 1. The van der Waals surface area contributed by atoms with Crippen molar-refractivity contribution in [2.75, 3.05) is 5.32 Å². The Bertz CT molecular complexity index is 1460. The maximum absolute atomic E-state index is 6.50. The van der Waals surface area contributed by atoms with E-state index in [1.807, 2.05) is 18.3 Å². The van der Waals surface area contributed by atoms with Crippen molar-refractivity contribution in [3.05, 3.63) is 94.7 Å². The molecule has 0 aliphatic carbocycles. The summed E-state index contributed by atoms with van der Waals surface area (Å²) in [5.74, 6) is 0.0134. The number of ether oxygens (including phenoxy) is 1. The van der Waals surface area contributed by atoms with Gasteiger partial charge in [0, 0.05) is 17.3 Å². The van der Waals surface area contributed by atoms with Crippen molar-refractivity contribution in [1.82, 2.24) is 20.4 Å². The third kappa shape index (κ3) is 3.20. The van der Waals surface area contributed by atoms with Crippen LogP contribution in [0.25, 0.3) is 21.9 Å². The number of hydrogen-bond donors (Lipinski definition) is 2. The Morgan fingerprint density at radius 3 is 2.72 bits per heavy atom. The van der Waals surface area contributed by atoms with Crippen LogP contribution in [0.15, 0.2) is 66.9 Å². The third-order valence-corrected chi connectivity index (χ3v) is 6.17. The fourth-order valence-corrected chi connectivity index (χ4v) is 4.70. The van der Waals surface area contributed by atoms with Gasteiger partial charge in [-0.3, -0.25) is 4.98 Å². The predicted octanol–water partition coefficient (Wildman–Crippen LogP) is 5.22. The van der Waals surface area contributed by atoms with Crippen molar-refractivity contribution >= 4 is 27.6 Å². The van der Waals surface area contributed by atoms with Crippen molar-refractivity contribution in [2.45, 2.75) is 32.6 Å². The highest BCUT2D eigenvalue weighted by Gasteiger charge is 2.36. The van der Waals surface area contributed by atoms with Gasteiger partial charge in [-0.15, -0.1) is 0 Å². The standard InChI is InChI=1S/C26H23N5O/c1-15-5-7-22-19(10-15)24(20-11-16(2)12-23-25(20)30-31-29-23)26(28-22)32-14-17-6-8-21-18(13-17)4-3-9-27-21/h3-13,24,26,28H,14H2,1-2H3,(H,29,30,31). The lowest BCUT2D eigenvalue weighted by Gasteiger charge is -2.22. The van der Waals surface area contributed by atoms with E-state index in [1.54, 1.807) is 0 Å². The second-order valence-corrected chi connectivity index (χ2v) is 8.52. The van der Waals surface area contributed by atoms with Gasteiger partial charge in [0.25, 0.3) is 0 Å². The maximum Gasteiger partial charge on any atom is 0.139 e. The van der Waals surface area contributed by atoms with Gasteiger partial charge in [-0.1, -0.05) is 35.9 Å². The van der Waals surface area contributed by atoms with Gasteiger partial charge in [-0.2, -0.15) is 15.4 Å². The number of nitrogens with zero attached hydrogens (tertiary/aromatic N) is 3. The summed E-state index contributed by atoms with van der Waals surface area (Å²) in [6.07, 6.45) is 1.61. The quantitative estimate of drug-likeness (QED) is 0.416. The zero-order valence-electron chi connectivity index (χ0n) is 18.0. The van der Waals surface area contributed by atoms with E-state index in [0.29, 0.717) is 6.61 Å². The summed E-state index contributed by atoms with van der Waals surface area (Å²) in [7, 11) is 0. The molecular weight excluding hydrogens is 398 g/mol. The van der Waals surface area contributed by atoms with Gasteiger partial charge in [-0.05, 0) is 66.4 Å². The first-order valence-electron chi connectivity index (χ1n) is 10.8. The van der Waals surface area contributed by atoms with Crippen LogP contribution in [0, 0.1) is 13.8 Å². The Balaban J connectivity index is 1.38. The number of aryl methyl sites for hydroxylation is 2. The average Bonchev–Trinajstić information content (AvgIpc) is 3.41. The lowest BCUT2D eigenvalue weighted by molar-refractivity contribution is 0.0541. The molecule has 2 aromatic heterocycles. The van der Waals surface area contributed by atoms with Crippen molar-refractivity contribution < 1.29 is 4.74 Å². The van der Waals surface area contributed by atoms with Gasteiger partial charge in [-0.25, -0.2) is 0 Å². The molecule has 5 aromatic rings. The number of fused-ring (bicyclic) bond motifs is 3. The molecular formula is C26H23N5O. The van der Waals surface area contributed by atoms with Crippen LogP contribution in [0.3, 0.4) is 0 Å². The zero-order chi connectivity index (χ0) is 21.7. The van der Waals surface area contributed by atoms with Crippen LogP contribution < -0.4 is 5.32 Å². The summed E-state index contributed by atoms with van der Waals surface area (Å²) in [5, 5.41) is 16.3. The highest BCUT2D eigenvalue weighted by atomic mass is 16.5. The van der Waals surface area contributed by atoms with E-state index in [4.69, 9.17) is 4.74 Å². The smallest absolute Gasteiger partial charge is 0.139 e. The zero-order valence-corrected chi connectivity index (χ0v) is 18.0. The number of pyridine rings is 1. The van der Waals surface area contributed by atoms with Gasteiger partial charge in [0.2, 0.25) is 0 Å². The SMILES string of the molecule is Cc1ccc2c(c1)C(c1cc(C)cc3n[nH]nc13)C(OCc1ccc3ncccc3c1)N2. The van der Waals surface area contributed by atoms with E-state index in [-0.39, 0.29) is 12.1 Å². The van der Waals surface area contributed by atoms with Crippen LogP contribution in [0.4, 0.5) is 5.69 Å². The van der Waals surface area contributed by atoms with Gasteiger partial charge in [0.15, 0.2) is 0 Å². The molecule has 2 unspecified atom stereocenters. The maximum atomic E-state index is 6.50. The Kier molecular flexibility index (Phi) is 4.40. The molecule has 1 aliphatic heterocycles. The summed E-state index contributed by atoms with van der Waals surface area (Å²) in [5.41, 5.74) is 9.71. The average molecular weight is 422 g/mol. The molecule has 6 heteroatoms. The minimum atomic E-state index is -0.210. The summed E-state index contributed by atoms with van der Waals surface area (Å²) in [6.45, 7) is 4.71. The summed E-state index contributed by atoms with van der Waals surface area (Å²) < 4.78 is 6.50. The minimum Gasteiger partial charge on any atom is -0.359 e. The van der Waals surface area contributed by atoms with Crippen molar-refractivity contribution in [2.24, 2.45) is 0 Å². The predicted molar refractivity (Wildman–Crippen MR) is 126 cm³/mol. The molecule has 0 saturated heterocycles. The van der Waals surface area contributed by atoms with Crippen LogP contribution >= 0.6 is 0 Å². The third-order valence-electron chi connectivity index (χ3n) is 6.17. The van der Waals surface area contributed by atoms with E-state index in [0.717, 1.165) is 44.3 Å². The second-order valence-electron chi connectivity index (χ2n) is 8.52. The van der Waals surface area contributed by atoms with E-state index in [2.05, 4.69) is 88.1 Å². The molecule has 0 spiro atoms. The van der Waals surface area contributed by atoms with E-state index in [1.165, 1.54) is 11.1 Å². The molecule has 3 heterocycles. The minimum absolute atomic E-state index is 0.0134. The number of anilines is 1. The first kappa shape index (κ1) is 19.0. The molecule has 158 valence electrons. The fraction of sp³-hybridized carbons (Fsp3) is 0.192. The first-order valence-corrected chi connectivity index (χ1v) is 10.8. The number of rotatable bonds is 4.